The van der Waals surface area contributed by atoms with Crippen LogP contribution in [0.5, 0.6) is 0 Å². The summed E-state index contributed by atoms with van der Waals surface area (Å²) >= 11 is 0. The van der Waals surface area contributed by atoms with Crippen molar-refractivity contribution in [2.45, 2.75) is 39.5 Å². The Balaban J connectivity index is 1.36. The first-order valence-corrected chi connectivity index (χ1v) is 15.5. The fraction of sp³-hybridized carbons (Fsp3) is 0.417. The Morgan fingerprint density at radius 1 is 0.810 bits per heavy atom. The first kappa shape index (κ1) is 28.8. The summed E-state index contributed by atoms with van der Waals surface area (Å²) in [7, 11) is 0. The second-order valence-electron chi connectivity index (χ2n) is 11.7. The van der Waals surface area contributed by atoms with Gasteiger partial charge in [-0.2, -0.15) is 0 Å². The molecule has 2 aliphatic rings. The van der Waals surface area contributed by atoms with Gasteiger partial charge in [-0.3, -0.25) is 4.90 Å². The molecule has 2 aliphatic heterocycles. The van der Waals surface area contributed by atoms with Crippen LogP contribution in [0.4, 0.5) is 0 Å². The predicted molar refractivity (Wildman–Crippen MR) is 167 cm³/mol. The number of aromatic nitrogens is 2. The van der Waals surface area contributed by atoms with E-state index in [1.165, 1.54) is 5.56 Å². The van der Waals surface area contributed by atoms with Crippen LogP contribution in [0.2, 0.25) is 0 Å². The number of hydrogen-bond donors (Lipinski definition) is 0. The second-order valence-corrected chi connectivity index (χ2v) is 11.7. The molecule has 0 spiro atoms. The van der Waals surface area contributed by atoms with E-state index in [0.29, 0.717) is 25.7 Å². The minimum Gasteiger partial charge on any atom is -0.379 e. The Morgan fingerprint density at radius 3 is 2.00 bits per heavy atom. The van der Waals surface area contributed by atoms with Gasteiger partial charge in [0.25, 0.3) is 0 Å². The van der Waals surface area contributed by atoms with E-state index in [2.05, 4.69) is 108 Å². The summed E-state index contributed by atoms with van der Waals surface area (Å²) in [6, 6.07) is 31.6. The van der Waals surface area contributed by atoms with E-state index in [9.17, 15) is 0 Å². The number of benzene rings is 3. The molecule has 0 saturated carbocycles. The average molecular weight is 566 g/mol. The normalized spacial score (nSPS) is 22.2. The van der Waals surface area contributed by atoms with Crippen LogP contribution in [0.1, 0.15) is 44.4 Å². The lowest BCUT2D eigenvalue weighted by molar-refractivity contribution is -0.252. The Bertz CT molecular complexity index is 1390. The molecular formula is C36H43N3O3. The van der Waals surface area contributed by atoms with Crippen LogP contribution in [-0.4, -0.2) is 60.5 Å². The lowest BCUT2D eigenvalue weighted by Gasteiger charge is -2.46. The van der Waals surface area contributed by atoms with E-state index in [1.54, 1.807) is 0 Å². The number of imidazole rings is 1. The average Bonchev–Trinajstić information content (AvgIpc) is 3.44. The van der Waals surface area contributed by atoms with Crippen LogP contribution < -0.4 is 0 Å². The predicted octanol–water partition coefficient (Wildman–Crippen LogP) is 7.07. The van der Waals surface area contributed by atoms with Gasteiger partial charge in [-0.25, -0.2) is 4.98 Å². The van der Waals surface area contributed by atoms with Crippen molar-refractivity contribution in [3.05, 3.63) is 102 Å². The lowest BCUT2D eigenvalue weighted by atomic mass is 9.72. The maximum atomic E-state index is 6.71. The molecule has 2 saturated heterocycles. The van der Waals surface area contributed by atoms with Crippen molar-refractivity contribution >= 4 is 0 Å². The standard InChI is InChI=1S/C36H43N3O3/c1-3-31(25-38-20-22-40-23-21-38)36(4-2)26-41-35(42-27-36)34-37-32(29-16-10-6-11-17-29)33(30-18-12-7-13-19-30)39(34)24-28-14-8-5-9-15-28/h5-19,31,35H,3-4,20-27H2,1-2H3. The van der Waals surface area contributed by atoms with Crippen molar-refractivity contribution in [2.24, 2.45) is 11.3 Å². The molecule has 1 aromatic heterocycles. The van der Waals surface area contributed by atoms with Gasteiger partial charge in [-0.05, 0) is 17.9 Å². The van der Waals surface area contributed by atoms with E-state index in [0.717, 1.165) is 74.0 Å². The van der Waals surface area contributed by atoms with E-state index < -0.39 is 6.29 Å². The Labute approximate surface area is 250 Å². The minimum atomic E-state index is -0.533. The smallest absolute Gasteiger partial charge is 0.217 e. The minimum absolute atomic E-state index is 0.0229. The molecule has 220 valence electrons. The molecule has 6 heteroatoms. The third kappa shape index (κ3) is 6.09. The Kier molecular flexibility index (Phi) is 9.15. The number of ether oxygens (including phenoxy) is 3. The van der Waals surface area contributed by atoms with Gasteiger partial charge < -0.3 is 18.8 Å². The number of hydrogen-bond acceptors (Lipinski definition) is 5. The summed E-state index contributed by atoms with van der Waals surface area (Å²) in [5, 5.41) is 0. The summed E-state index contributed by atoms with van der Waals surface area (Å²) < 4.78 is 21.3. The lowest BCUT2D eigenvalue weighted by Crippen LogP contribution is -2.49. The maximum Gasteiger partial charge on any atom is 0.217 e. The zero-order valence-electron chi connectivity index (χ0n) is 25.0. The van der Waals surface area contributed by atoms with Gasteiger partial charge in [0, 0.05) is 42.7 Å². The Morgan fingerprint density at radius 2 is 1.40 bits per heavy atom. The molecule has 6 nitrogen and oxygen atoms in total. The highest BCUT2D eigenvalue weighted by atomic mass is 16.7. The number of nitrogens with zero attached hydrogens (tertiary/aromatic N) is 3. The summed E-state index contributed by atoms with van der Waals surface area (Å²) in [6.45, 7) is 11.3. The Hall–Kier alpha value is -3.29. The third-order valence-corrected chi connectivity index (χ3v) is 9.18. The quantitative estimate of drug-likeness (QED) is 0.206. The van der Waals surface area contributed by atoms with Crippen LogP contribution in [0, 0.1) is 11.3 Å². The molecule has 42 heavy (non-hydrogen) atoms. The van der Waals surface area contributed by atoms with E-state index >= 15 is 0 Å². The first-order chi connectivity index (χ1) is 20.7. The summed E-state index contributed by atoms with van der Waals surface area (Å²) in [4.78, 5) is 7.85. The molecule has 6 rings (SSSR count). The summed E-state index contributed by atoms with van der Waals surface area (Å²) in [6.07, 6.45) is 1.58. The molecular weight excluding hydrogens is 522 g/mol. The highest BCUT2D eigenvalue weighted by Crippen LogP contribution is 2.43. The van der Waals surface area contributed by atoms with Crippen molar-refractivity contribution in [3.63, 3.8) is 0 Å². The first-order valence-electron chi connectivity index (χ1n) is 15.5. The van der Waals surface area contributed by atoms with E-state index in [-0.39, 0.29) is 5.41 Å². The van der Waals surface area contributed by atoms with Crippen LogP contribution in [0.3, 0.4) is 0 Å². The van der Waals surface area contributed by atoms with Gasteiger partial charge in [-0.15, -0.1) is 0 Å². The van der Waals surface area contributed by atoms with Crippen molar-refractivity contribution in [1.82, 2.24) is 14.5 Å². The molecule has 0 amide bonds. The molecule has 0 radical (unpaired) electrons. The SMILES string of the molecule is CCC(CN1CCOCC1)C1(CC)COC(c2nc(-c3ccccc3)c(-c3ccccc3)n2Cc2ccccc2)OC1. The summed E-state index contributed by atoms with van der Waals surface area (Å²) in [5.41, 5.74) is 5.43. The third-order valence-electron chi connectivity index (χ3n) is 9.18. The molecule has 3 aromatic carbocycles. The zero-order chi connectivity index (χ0) is 28.8. The number of rotatable bonds is 10. The summed E-state index contributed by atoms with van der Waals surface area (Å²) in [5.74, 6) is 1.31. The number of morpholine rings is 1. The van der Waals surface area contributed by atoms with Crippen molar-refractivity contribution in [1.29, 1.82) is 0 Å². The highest BCUT2D eigenvalue weighted by molar-refractivity contribution is 5.79. The molecule has 1 unspecified atom stereocenters. The van der Waals surface area contributed by atoms with Crippen molar-refractivity contribution in [2.75, 3.05) is 46.1 Å². The molecule has 0 bridgehead atoms. The molecule has 0 N–H and O–H groups in total. The van der Waals surface area contributed by atoms with Gasteiger partial charge in [0.05, 0.1) is 37.8 Å². The maximum absolute atomic E-state index is 6.71. The molecule has 2 fully saturated rings. The van der Waals surface area contributed by atoms with Crippen LogP contribution >= 0.6 is 0 Å². The van der Waals surface area contributed by atoms with Crippen molar-refractivity contribution in [3.8, 4) is 22.5 Å². The highest BCUT2D eigenvalue weighted by Gasteiger charge is 2.43. The fourth-order valence-corrected chi connectivity index (χ4v) is 6.56. The van der Waals surface area contributed by atoms with Gasteiger partial charge >= 0.3 is 0 Å². The van der Waals surface area contributed by atoms with Gasteiger partial charge in [-0.1, -0.05) is 111 Å². The van der Waals surface area contributed by atoms with Crippen LogP contribution in [-0.2, 0) is 20.8 Å². The second kappa shape index (κ2) is 13.3. The molecule has 1 atom stereocenters. The topological polar surface area (TPSA) is 48.8 Å². The zero-order valence-corrected chi connectivity index (χ0v) is 25.0. The van der Waals surface area contributed by atoms with E-state index in [4.69, 9.17) is 19.2 Å². The van der Waals surface area contributed by atoms with Crippen LogP contribution in [0.25, 0.3) is 22.5 Å². The largest absolute Gasteiger partial charge is 0.379 e. The monoisotopic (exact) mass is 565 g/mol. The van der Waals surface area contributed by atoms with Crippen LogP contribution in [0.15, 0.2) is 91.0 Å². The molecule has 0 aliphatic carbocycles. The van der Waals surface area contributed by atoms with E-state index in [1.807, 2.05) is 6.07 Å². The fourth-order valence-electron chi connectivity index (χ4n) is 6.56. The van der Waals surface area contributed by atoms with Crippen molar-refractivity contribution < 1.29 is 14.2 Å². The van der Waals surface area contributed by atoms with Gasteiger partial charge in [0.1, 0.15) is 0 Å². The van der Waals surface area contributed by atoms with Gasteiger partial charge in [0.15, 0.2) is 5.82 Å². The molecule has 3 heterocycles. The molecule has 4 aromatic rings. The van der Waals surface area contributed by atoms with Gasteiger partial charge in [0.2, 0.25) is 6.29 Å².